The van der Waals surface area contributed by atoms with Crippen LogP contribution in [0.5, 0.6) is 0 Å². The van der Waals surface area contributed by atoms with Gasteiger partial charge in [0.2, 0.25) is 0 Å². The van der Waals surface area contributed by atoms with Crippen LogP contribution in [-0.2, 0) is 15.9 Å². The van der Waals surface area contributed by atoms with Gasteiger partial charge in [-0.2, -0.15) is 0 Å². The first-order valence-corrected chi connectivity index (χ1v) is 12.3. The molecule has 2 nitrogen and oxygen atoms in total. The van der Waals surface area contributed by atoms with Crippen molar-refractivity contribution in [2.75, 3.05) is 13.2 Å². The van der Waals surface area contributed by atoms with Crippen molar-refractivity contribution in [1.29, 1.82) is 0 Å². The van der Waals surface area contributed by atoms with Crippen LogP contribution in [0.2, 0.25) is 0 Å². The fraction of sp³-hybridized carbons (Fsp3) is 0.704. The molecule has 1 saturated heterocycles. The van der Waals surface area contributed by atoms with Crippen molar-refractivity contribution in [1.82, 2.24) is 0 Å². The second kappa shape index (κ2) is 12.6. The van der Waals surface area contributed by atoms with Gasteiger partial charge in [0.15, 0.2) is 6.29 Å². The van der Waals surface area contributed by atoms with Gasteiger partial charge in [-0.3, -0.25) is 0 Å². The highest BCUT2D eigenvalue weighted by Gasteiger charge is 2.22. The normalized spacial score (nSPS) is 26.3. The Morgan fingerprint density at radius 1 is 0.903 bits per heavy atom. The van der Waals surface area contributed by atoms with E-state index in [2.05, 4.69) is 25.7 Å². The topological polar surface area (TPSA) is 18.5 Å². The maximum absolute atomic E-state index is 14.5. The Bertz CT molecular complexity index is 712. The van der Waals surface area contributed by atoms with Gasteiger partial charge in [-0.25, -0.2) is 8.78 Å². The second-order valence-corrected chi connectivity index (χ2v) is 9.33. The molecule has 0 atom stereocenters. The maximum atomic E-state index is 14.5. The van der Waals surface area contributed by atoms with Crippen molar-refractivity contribution in [3.8, 4) is 11.8 Å². The first kappa shape index (κ1) is 24.2. The van der Waals surface area contributed by atoms with E-state index in [1.807, 2.05) is 0 Å². The number of hydrogen-bond acceptors (Lipinski definition) is 2. The first-order valence-electron chi connectivity index (χ1n) is 12.3. The zero-order valence-corrected chi connectivity index (χ0v) is 19.2. The van der Waals surface area contributed by atoms with Crippen LogP contribution in [-0.4, -0.2) is 19.5 Å². The van der Waals surface area contributed by atoms with Crippen LogP contribution in [0.3, 0.4) is 0 Å². The number of rotatable bonds is 8. The van der Waals surface area contributed by atoms with Gasteiger partial charge in [0.05, 0.1) is 18.8 Å². The van der Waals surface area contributed by atoms with Crippen molar-refractivity contribution in [3.63, 3.8) is 0 Å². The molecule has 0 radical (unpaired) electrons. The predicted molar refractivity (Wildman–Crippen MR) is 121 cm³/mol. The summed E-state index contributed by atoms with van der Waals surface area (Å²) >= 11 is 0. The molecule has 0 amide bonds. The van der Waals surface area contributed by atoms with E-state index in [9.17, 15) is 8.78 Å². The highest BCUT2D eigenvalue weighted by atomic mass is 19.1. The predicted octanol–water partition coefficient (Wildman–Crippen LogP) is 7.03. The standard InChI is InChI=1S/C27H38F2O2/c1-3-5-6-7-23-18-30-27(31-19-23)15-13-22-16-25(28)24(26(29)17-22)14-12-21-10-8-20(4-2)9-11-21/h16-17,20-21,23,27H,3-11,13,15,18-19H2,1-2H3/t20?,21?,23-,27-. The highest BCUT2D eigenvalue weighted by molar-refractivity contribution is 5.39. The lowest BCUT2D eigenvalue weighted by Crippen LogP contribution is -2.32. The Labute approximate surface area is 187 Å². The number of benzene rings is 1. The maximum Gasteiger partial charge on any atom is 0.157 e. The van der Waals surface area contributed by atoms with E-state index in [1.165, 1.54) is 50.7 Å². The summed E-state index contributed by atoms with van der Waals surface area (Å²) in [6.45, 7) is 5.85. The van der Waals surface area contributed by atoms with Crippen molar-refractivity contribution in [2.24, 2.45) is 17.8 Å². The lowest BCUT2D eigenvalue weighted by atomic mass is 9.81. The van der Waals surface area contributed by atoms with E-state index in [1.54, 1.807) is 0 Å². The van der Waals surface area contributed by atoms with Crippen LogP contribution in [0.15, 0.2) is 12.1 Å². The summed E-state index contributed by atoms with van der Waals surface area (Å²) in [4.78, 5) is 0. The first-order chi connectivity index (χ1) is 15.1. The number of halogens is 2. The molecule has 1 aromatic carbocycles. The third kappa shape index (κ3) is 7.58. The molecule has 1 aromatic rings. The van der Waals surface area contributed by atoms with Gasteiger partial charge in [-0.15, -0.1) is 0 Å². The lowest BCUT2D eigenvalue weighted by Gasteiger charge is -2.29. The van der Waals surface area contributed by atoms with Crippen LogP contribution in [0, 0.1) is 41.2 Å². The number of aryl methyl sites for hydroxylation is 1. The van der Waals surface area contributed by atoms with Crippen LogP contribution in [0.1, 0.15) is 89.2 Å². The smallest absolute Gasteiger partial charge is 0.157 e. The van der Waals surface area contributed by atoms with Crippen molar-refractivity contribution in [3.05, 3.63) is 34.9 Å². The van der Waals surface area contributed by atoms with Gasteiger partial charge in [0.1, 0.15) is 11.6 Å². The number of unbranched alkanes of at least 4 members (excludes halogenated alkanes) is 2. The van der Waals surface area contributed by atoms with E-state index in [4.69, 9.17) is 9.47 Å². The number of hydrogen-bond donors (Lipinski definition) is 0. The molecule has 3 rings (SSSR count). The Kier molecular flexibility index (Phi) is 9.81. The van der Waals surface area contributed by atoms with E-state index in [0.29, 0.717) is 37.5 Å². The van der Waals surface area contributed by atoms with Crippen LogP contribution >= 0.6 is 0 Å². The van der Waals surface area contributed by atoms with E-state index in [-0.39, 0.29) is 17.8 Å². The van der Waals surface area contributed by atoms with Crippen LogP contribution in [0.25, 0.3) is 0 Å². The molecule has 0 aromatic heterocycles. The lowest BCUT2D eigenvalue weighted by molar-refractivity contribution is -0.203. The molecule has 4 heteroatoms. The fourth-order valence-electron chi connectivity index (χ4n) is 4.66. The number of ether oxygens (including phenoxy) is 2. The summed E-state index contributed by atoms with van der Waals surface area (Å²) in [6.07, 6.45) is 11.3. The Hall–Kier alpha value is -1.44. The van der Waals surface area contributed by atoms with Gasteiger partial charge >= 0.3 is 0 Å². The molecular formula is C27H38F2O2. The molecule has 1 aliphatic carbocycles. The van der Waals surface area contributed by atoms with Gasteiger partial charge in [0.25, 0.3) is 0 Å². The van der Waals surface area contributed by atoms with Gasteiger partial charge < -0.3 is 9.47 Å². The van der Waals surface area contributed by atoms with Crippen LogP contribution < -0.4 is 0 Å². The van der Waals surface area contributed by atoms with E-state index in [0.717, 1.165) is 25.2 Å². The zero-order chi connectivity index (χ0) is 22.1. The van der Waals surface area contributed by atoms with E-state index < -0.39 is 11.6 Å². The SMILES string of the molecule is CCCCC[C@H]1CO[C@H](CCc2cc(F)c(C#CC3CCC(CC)CC3)c(F)c2)OC1. The monoisotopic (exact) mass is 432 g/mol. The summed E-state index contributed by atoms with van der Waals surface area (Å²) < 4.78 is 40.7. The van der Waals surface area contributed by atoms with Crippen molar-refractivity contribution in [2.45, 2.75) is 90.8 Å². The molecule has 172 valence electrons. The minimum absolute atomic E-state index is 0.0959. The van der Waals surface area contributed by atoms with Crippen molar-refractivity contribution >= 4 is 0 Å². The summed E-state index contributed by atoms with van der Waals surface area (Å²) in [6, 6.07) is 2.83. The minimum Gasteiger partial charge on any atom is -0.352 e. The molecule has 2 fully saturated rings. The Morgan fingerprint density at radius 3 is 2.19 bits per heavy atom. The highest BCUT2D eigenvalue weighted by Crippen LogP contribution is 2.30. The molecule has 2 aliphatic rings. The molecule has 0 spiro atoms. The summed E-state index contributed by atoms with van der Waals surface area (Å²) in [5, 5.41) is 0. The third-order valence-corrected chi connectivity index (χ3v) is 6.85. The largest absolute Gasteiger partial charge is 0.352 e. The molecule has 0 bridgehead atoms. The summed E-state index contributed by atoms with van der Waals surface area (Å²) in [5.41, 5.74) is 0.530. The van der Waals surface area contributed by atoms with Crippen molar-refractivity contribution < 1.29 is 18.3 Å². The minimum atomic E-state index is -0.564. The molecule has 0 unspecified atom stereocenters. The second-order valence-electron chi connectivity index (χ2n) is 9.33. The summed E-state index contributed by atoms with van der Waals surface area (Å²) in [5.74, 6) is 6.29. The summed E-state index contributed by atoms with van der Waals surface area (Å²) in [7, 11) is 0. The van der Waals surface area contributed by atoms with E-state index >= 15 is 0 Å². The van der Waals surface area contributed by atoms with Gasteiger partial charge in [0, 0.05) is 18.3 Å². The van der Waals surface area contributed by atoms with Crippen LogP contribution in [0.4, 0.5) is 8.78 Å². The molecule has 31 heavy (non-hydrogen) atoms. The molecule has 1 saturated carbocycles. The average Bonchev–Trinajstić information content (AvgIpc) is 2.78. The molecular weight excluding hydrogens is 394 g/mol. The Morgan fingerprint density at radius 2 is 1.58 bits per heavy atom. The van der Waals surface area contributed by atoms with Gasteiger partial charge in [-0.05, 0) is 62.1 Å². The zero-order valence-electron chi connectivity index (χ0n) is 19.2. The van der Waals surface area contributed by atoms with Gasteiger partial charge in [-0.1, -0.05) is 51.4 Å². The average molecular weight is 433 g/mol. The fourth-order valence-corrected chi connectivity index (χ4v) is 4.66. The Balaban J connectivity index is 1.47. The molecule has 1 aliphatic heterocycles. The molecule has 0 N–H and O–H groups in total. The molecule has 1 heterocycles. The quantitative estimate of drug-likeness (QED) is 0.324. The third-order valence-electron chi connectivity index (χ3n) is 6.85.